The van der Waals surface area contributed by atoms with Crippen molar-refractivity contribution in [3.8, 4) is 44.8 Å². The van der Waals surface area contributed by atoms with Gasteiger partial charge in [-0.25, -0.2) is 15.0 Å². The van der Waals surface area contributed by atoms with Crippen LogP contribution >= 0.6 is 0 Å². The van der Waals surface area contributed by atoms with Gasteiger partial charge in [0.1, 0.15) is 11.6 Å². The number of hydrogen-bond acceptors (Lipinski definition) is 4. The fourth-order valence-electron chi connectivity index (χ4n) is 7.51. The Morgan fingerprint density at radius 1 is 0.468 bits per heavy atom. The van der Waals surface area contributed by atoms with E-state index in [0.29, 0.717) is 17.5 Å². The molecule has 2 aromatic heterocycles. The van der Waals surface area contributed by atoms with E-state index in [2.05, 4.69) is 146 Å². The van der Waals surface area contributed by atoms with Crippen LogP contribution in [0.4, 0.5) is 0 Å². The number of hydrogen-bond donors (Lipinski definition) is 0. The van der Waals surface area contributed by atoms with Gasteiger partial charge in [0.05, 0.1) is 5.41 Å². The van der Waals surface area contributed by atoms with Gasteiger partial charge in [0.2, 0.25) is 0 Å². The van der Waals surface area contributed by atoms with Crippen LogP contribution in [-0.2, 0) is 5.41 Å². The highest BCUT2D eigenvalue weighted by Crippen LogP contribution is 2.58. The summed E-state index contributed by atoms with van der Waals surface area (Å²) in [5, 5.41) is 0. The molecule has 1 aliphatic rings. The predicted octanol–water partition coefficient (Wildman–Crippen LogP) is 9.86. The first-order chi connectivity index (χ1) is 22.9. The summed E-state index contributed by atoms with van der Waals surface area (Å²) >= 11 is 0. The molecule has 47 heavy (non-hydrogen) atoms. The molecule has 1 aliphatic carbocycles. The highest BCUT2D eigenvalue weighted by molar-refractivity contribution is 5.97. The molecular weight excluding hydrogens is 573 g/mol. The van der Waals surface area contributed by atoms with E-state index in [1.165, 1.54) is 38.9 Å². The first-order valence-corrected chi connectivity index (χ1v) is 16.1. The van der Waals surface area contributed by atoms with Crippen molar-refractivity contribution in [1.82, 2.24) is 19.9 Å². The molecule has 7 aromatic rings. The van der Waals surface area contributed by atoms with Crippen LogP contribution in [0.25, 0.3) is 44.8 Å². The van der Waals surface area contributed by atoms with Gasteiger partial charge in [-0.15, -0.1) is 0 Å². The standard InChI is InChI=1S/C43H34N4/c1-27-24-37(28(2)44-26-27)35-19-12-11-18-34(35)31-22-23-39-38(25-31)41-36(42-46-29(3)45-30(4)47-42)20-13-21-40(41)43(39,32-14-7-5-8-15-32)33-16-9-6-10-17-33/h5-26H,1-4H3. The molecule has 226 valence electrons. The lowest BCUT2D eigenvalue weighted by molar-refractivity contribution is 0.768. The number of fused-ring (bicyclic) bond motifs is 3. The van der Waals surface area contributed by atoms with Gasteiger partial charge in [-0.2, -0.15) is 0 Å². The second-order valence-electron chi connectivity index (χ2n) is 12.4. The van der Waals surface area contributed by atoms with Gasteiger partial charge in [0, 0.05) is 23.0 Å². The molecule has 0 bridgehead atoms. The summed E-state index contributed by atoms with van der Waals surface area (Å²) in [6.45, 7) is 8.06. The summed E-state index contributed by atoms with van der Waals surface area (Å²) in [6.07, 6.45) is 1.94. The number of rotatable bonds is 5. The zero-order valence-corrected chi connectivity index (χ0v) is 27.0. The van der Waals surface area contributed by atoms with Gasteiger partial charge in [-0.05, 0) is 95.5 Å². The Hall–Kier alpha value is -5.74. The monoisotopic (exact) mass is 606 g/mol. The van der Waals surface area contributed by atoms with E-state index in [-0.39, 0.29) is 0 Å². The minimum atomic E-state index is -0.532. The van der Waals surface area contributed by atoms with Crippen molar-refractivity contribution in [3.05, 3.63) is 179 Å². The van der Waals surface area contributed by atoms with Gasteiger partial charge >= 0.3 is 0 Å². The van der Waals surface area contributed by atoms with Crippen LogP contribution in [0.15, 0.2) is 134 Å². The second kappa shape index (κ2) is 11.3. The number of nitrogens with zero attached hydrogens (tertiary/aromatic N) is 4. The Kier molecular flexibility index (Phi) is 6.87. The van der Waals surface area contributed by atoms with Crippen molar-refractivity contribution in [2.24, 2.45) is 0 Å². The first-order valence-electron chi connectivity index (χ1n) is 16.1. The van der Waals surface area contributed by atoms with Crippen molar-refractivity contribution in [2.75, 3.05) is 0 Å². The van der Waals surface area contributed by atoms with Crippen molar-refractivity contribution in [3.63, 3.8) is 0 Å². The number of benzene rings is 5. The zero-order chi connectivity index (χ0) is 32.1. The maximum Gasteiger partial charge on any atom is 0.163 e. The lowest BCUT2D eigenvalue weighted by Gasteiger charge is -2.34. The van der Waals surface area contributed by atoms with E-state index in [0.717, 1.165) is 33.5 Å². The van der Waals surface area contributed by atoms with Gasteiger partial charge in [-0.1, -0.05) is 115 Å². The molecule has 0 spiro atoms. The van der Waals surface area contributed by atoms with E-state index in [4.69, 9.17) is 15.0 Å². The van der Waals surface area contributed by atoms with E-state index < -0.39 is 5.41 Å². The maximum absolute atomic E-state index is 4.87. The molecule has 2 heterocycles. The average Bonchev–Trinajstić information content (AvgIpc) is 3.40. The van der Waals surface area contributed by atoms with Crippen LogP contribution in [0.5, 0.6) is 0 Å². The van der Waals surface area contributed by atoms with E-state index in [1.54, 1.807) is 0 Å². The van der Waals surface area contributed by atoms with Gasteiger partial charge in [-0.3, -0.25) is 4.98 Å². The molecule has 4 nitrogen and oxygen atoms in total. The molecule has 8 rings (SSSR count). The summed E-state index contributed by atoms with van der Waals surface area (Å²) in [6, 6.07) is 46.3. The lowest BCUT2D eigenvalue weighted by Crippen LogP contribution is -2.28. The maximum atomic E-state index is 4.87. The topological polar surface area (TPSA) is 51.6 Å². The van der Waals surface area contributed by atoms with Crippen LogP contribution in [0.3, 0.4) is 0 Å². The third-order valence-corrected chi connectivity index (χ3v) is 9.43. The minimum absolute atomic E-state index is 0.532. The molecule has 0 N–H and O–H groups in total. The number of aryl methyl sites for hydroxylation is 4. The Bertz CT molecular complexity index is 2230. The molecule has 0 fully saturated rings. The summed E-state index contributed by atoms with van der Waals surface area (Å²) in [4.78, 5) is 18.9. The quantitative estimate of drug-likeness (QED) is 0.196. The fraction of sp³-hybridized carbons (Fsp3) is 0.116. The minimum Gasteiger partial charge on any atom is -0.261 e. The molecule has 0 saturated carbocycles. The molecule has 0 aliphatic heterocycles. The Balaban J connectivity index is 1.47. The summed E-state index contributed by atoms with van der Waals surface area (Å²) in [5.41, 5.74) is 14.6. The molecule has 5 aromatic carbocycles. The third kappa shape index (κ3) is 4.59. The molecule has 0 amide bonds. The first kappa shape index (κ1) is 28.7. The van der Waals surface area contributed by atoms with E-state index in [9.17, 15) is 0 Å². The van der Waals surface area contributed by atoms with Gasteiger partial charge < -0.3 is 0 Å². The van der Waals surface area contributed by atoms with Crippen molar-refractivity contribution in [2.45, 2.75) is 33.1 Å². The van der Waals surface area contributed by atoms with Gasteiger partial charge in [0.15, 0.2) is 5.82 Å². The molecule has 0 radical (unpaired) electrons. The molecule has 4 heteroatoms. The molecular formula is C43H34N4. The Morgan fingerprint density at radius 3 is 1.77 bits per heavy atom. The third-order valence-electron chi connectivity index (χ3n) is 9.43. The number of pyridine rings is 1. The highest BCUT2D eigenvalue weighted by Gasteiger charge is 2.47. The van der Waals surface area contributed by atoms with Crippen LogP contribution in [0, 0.1) is 27.7 Å². The molecule has 0 saturated heterocycles. The number of aromatic nitrogens is 4. The van der Waals surface area contributed by atoms with E-state index in [1.807, 2.05) is 20.0 Å². The van der Waals surface area contributed by atoms with Crippen LogP contribution in [-0.4, -0.2) is 19.9 Å². The van der Waals surface area contributed by atoms with Gasteiger partial charge in [0.25, 0.3) is 0 Å². The highest BCUT2D eigenvalue weighted by atomic mass is 15.0. The SMILES string of the molecule is Cc1cnc(C)c(-c2ccccc2-c2ccc3c(c2)-c2c(-c4nc(C)nc(C)n4)cccc2C3(c2ccccc2)c2ccccc2)c1. The Labute approximate surface area is 275 Å². The normalized spacial score (nSPS) is 12.9. The van der Waals surface area contributed by atoms with E-state index >= 15 is 0 Å². The second-order valence-corrected chi connectivity index (χ2v) is 12.4. The molecule has 0 atom stereocenters. The van der Waals surface area contributed by atoms with Crippen LogP contribution in [0.2, 0.25) is 0 Å². The fourth-order valence-corrected chi connectivity index (χ4v) is 7.51. The molecule has 0 unspecified atom stereocenters. The predicted molar refractivity (Wildman–Crippen MR) is 190 cm³/mol. The summed E-state index contributed by atoms with van der Waals surface area (Å²) in [5.74, 6) is 2.12. The lowest BCUT2D eigenvalue weighted by atomic mass is 9.67. The average molecular weight is 607 g/mol. The summed E-state index contributed by atoms with van der Waals surface area (Å²) in [7, 11) is 0. The van der Waals surface area contributed by atoms with Crippen molar-refractivity contribution < 1.29 is 0 Å². The van der Waals surface area contributed by atoms with Crippen molar-refractivity contribution >= 4 is 0 Å². The summed E-state index contributed by atoms with van der Waals surface area (Å²) < 4.78 is 0. The van der Waals surface area contributed by atoms with Crippen LogP contribution < -0.4 is 0 Å². The smallest absolute Gasteiger partial charge is 0.163 e. The Morgan fingerprint density at radius 2 is 1.09 bits per heavy atom. The largest absolute Gasteiger partial charge is 0.261 e. The van der Waals surface area contributed by atoms with Crippen molar-refractivity contribution in [1.29, 1.82) is 0 Å². The zero-order valence-electron chi connectivity index (χ0n) is 27.0. The van der Waals surface area contributed by atoms with Crippen LogP contribution in [0.1, 0.15) is 45.2 Å².